The van der Waals surface area contributed by atoms with Crippen molar-refractivity contribution in [2.24, 2.45) is 5.73 Å². The average molecular weight is 423 g/mol. The lowest BCUT2D eigenvalue weighted by Gasteiger charge is -2.39. The van der Waals surface area contributed by atoms with Gasteiger partial charge in [0, 0.05) is 6.42 Å². The third kappa shape index (κ3) is 4.36. The van der Waals surface area contributed by atoms with Crippen LogP contribution in [-0.4, -0.2) is 51.7 Å². The number of benzene rings is 2. The molecule has 31 heavy (non-hydrogen) atoms. The molecule has 0 radical (unpaired) electrons. The maximum atomic E-state index is 13.0. The highest BCUT2D eigenvalue weighted by atomic mass is 16.4. The molecule has 2 atom stereocenters. The molecule has 1 aliphatic rings. The number of rotatable bonds is 9. The van der Waals surface area contributed by atoms with Crippen molar-refractivity contribution in [1.29, 1.82) is 0 Å². The average Bonchev–Trinajstić information content (AvgIpc) is 2.99. The zero-order chi connectivity index (χ0) is 22.6. The van der Waals surface area contributed by atoms with Gasteiger partial charge in [-0.3, -0.25) is 19.2 Å². The number of nitrogens with one attached hydrogen (secondary N) is 1. The highest BCUT2D eigenvalue weighted by Gasteiger charge is 2.51. The van der Waals surface area contributed by atoms with E-state index in [1.807, 2.05) is 0 Å². The summed E-state index contributed by atoms with van der Waals surface area (Å²) in [7, 11) is 0. The Balaban J connectivity index is 1.95. The van der Waals surface area contributed by atoms with E-state index in [1.54, 1.807) is 42.5 Å². The van der Waals surface area contributed by atoms with Gasteiger partial charge in [0.2, 0.25) is 5.91 Å². The number of carbonyl (C=O) groups excluding carboxylic acids is 4. The molecule has 3 rings (SSSR count). The van der Waals surface area contributed by atoms with Crippen molar-refractivity contribution >= 4 is 30.0 Å². The third-order valence-corrected chi connectivity index (χ3v) is 5.08. The Hall–Kier alpha value is -3.85. The number of carboxylic acids is 1. The van der Waals surface area contributed by atoms with Crippen LogP contribution in [0.15, 0.2) is 54.6 Å². The summed E-state index contributed by atoms with van der Waals surface area (Å²) >= 11 is 0. The van der Waals surface area contributed by atoms with Gasteiger partial charge in [0.05, 0.1) is 23.6 Å². The van der Waals surface area contributed by atoms with Gasteiger partial charge in [-0.15, -0.1) is 0 Å². The molecule has 1 heterocycles. The van der Waals surface area contributed by atoms with E-state index in [4.69, 9.17) is 5.73 Å². The van der Waals surface area contributed by atoms with Crippen molar-refractivity contribution in [3.05, 3.63) is 71.3 Å². The van der Waals surface area contributed by atoms with Gasteiger partial charge in [-0.25, -0.2) is 4.90 Å². The van der Waals surface area contributed by atoms with Crippen LogP contribution in [0.2, 0.25) is 0 Å². The van der Waals surface area contributed by atoms with E-state index in [1.165, 1.54) is 12.1 Å². The number of carboxylic acid groups (broad SMARTS) is 1. The number of imide groups is 1. The molecule has 9 nitrogen and oxygen atoms in total. The lowest BCUT2D eigenvalue weighted by atomic mass is 9.97. The van der Waals surface area contributed by atoms with Crippen LogP contribution in [0, 0.1) is 0 Å². The number of hydrogen-bond acceptors (Lipinski definition) is 6. The monoisotopic (exact) mass is 423 g/mol. The van der Waals surface area contributed by atoms with Crippen molar-refractivity contribution in [2.75, 3.05) is 0 Å². The summed E-state index contributed by atoms with van der Waals surface area (Å²) < 4.78 is 0. The second-order valence-corrected chi connectivity index (χ2v) is 7.25. The van der Waals surface area contributed by atoms with Gasteiger partial charge in [0.15, 0.2) is 0 Å². The maximum Gasteiger partial charge on any atom is 0.307 e. The van der Waals surface area contributed by atoms with E-state index in [9.17, 15) is 29.1 Å². The first-order chi connectivity index (χ1) is 14.8. The minimum atomic E-state index is -2.09. The van der Waals surface area contributed by atoms with E-state index in [-0.39, 0.29) is 17.5 Å². The van der Waals surface area contributed by atoms with Crippen molar-refractivity contribution in [3.8, 4) is 0 Å². The van der Waals surface area contributed by atoms with Gasteiger partial charge in [0.25, 0.3) is 11.8 Å². The molecule has 160 valence electrons. The summed E-state index contributed by atoms with van der Waals surface area (Å²) in [5.41, 5.74) is 4.81. The van der Waals surface area contributed by atoms with Gasteiger partial charge in [-0.05, 0) is 24.1 Å². The second-order valence-electron chi connectivity index (χ2n) is 7.25. The molecule has 0 saturated heterocycles. The third-order valence-electron chi connectivity index (χ3n) is 5.08. The van der Waals surface area contributed by atoms with Gasteiger partial charge in [0.1, 0.15) is 11.9 Å². The first-order valence-corrected chi connectivity index (χ1v) is 9.54. The molecule has 9 heteroatoms. The van der Waals surface area contributed by atoms with Gasteiger partial charge in [-0.2, -0.15) is 0 Å². The minimum absolute atomic E-state index is 0.0657. The zero-order valence-electron chi connectivity index (χ0n) is 16.5. The SMILES string of the molecule is N[C@@H](Cc1ccccc1)C(=O)N[C@](CC=O)(CC(=O)O)N1C(=O)c2ccccc2C1=O. The summed E-state index contributed by atoms with van der Waals surface area (Å²) in [6.07, 6.45) is -0.968. The van der Waals surface area contributed by atoms with Gasteiger partial charge in [-0.1, -0.05) is 42.5 Å². The van der Waals surface area contributed by atoms with Gasteiger partial charge >= 0.3 is 5.97 Å². The number of aliphatic carboxylic acids is 1. The molecular weight excluding hydrogens is 402 g/mol. The second kappa shape index (κ2) is 8.88. The Bertz CT molecular complexity index is 1000. The summed E-state index contributed by atoms with van der Waals surface area (Å²) in [5, 5.41) is 11.9. The van der Waals surface area contributed by atoms with Crippen LogP contribution < -0.4 is 11.1 Å². The van der Waals surface area contributed by atoms with Crippen LogP contribution in [0.4, 0.5) is 0 Å². The molecule has 2 aromatic carbocycles. The van der Waals surface area contributed by atoms with E-state index in [0.717, 1.165) is 5.56 Å². The fourth-order valence-corrected chi connectivity index (χ4v) is 3.64. The molecule has 0 aromatic heterocycles. The first-order valence-electron chi connectivity index (χ1n) is 9.54. The molecule has 1 aliphatic heterocycles. The smallest absolute Gasteiger partial charge is 0.307 e. The minimum Gasteiger partial charge on any atom is -0.481 e. The van der Waals surface area contributed by atoms with Crippen molar-refractivity contribution < 1.29 is 29.1 Å². The fourth-order valence-electron chi connectivity index (χ4n) is 3.64. The molecule has 0 unspecified atom stereocenters. The van der Waals surface area contributed by atoms with Crippen molar-refractivity contribution in [3.63, 3.8) is 0 Å². The topological polar surface area (TPSA) is 147 Å². The molecule has 0 saturated carbocycles. The molecule has 0 aliphatic carbocycles. The number of fused-ring (bicyclic) bond motifs is 1. The Kier molecular flexibility index (Phi) is 6.26. The van der Waals surface area contributed by atoms with Crippen LogP contribution in [-0.2, 0) is 20.8 Å². The highest BCUT2D eigenvalue weighted by molar-refractivity contribution is 6.22. The first kappa shape index (κ1) is 21.8. The predicted molar refractivity (Wildman–Crippen MR) is 109 cm³/mol. The molecule has 3 amide bonds. The van der Waals surface area contributed by atoms with E-state index < -0.39 is 48.2 Å². The van der Waals surface area contributed by atoms with E-state index >= 15 is 0 Å². The lowest BCUT2D eigenvalue weighted by Crippen LogP contribution is -2.65. The van der Waals surface area contributed by atoms with Crippen molar-refractivity contribution in [2.45, 2.75) is 31.0 Å². The quantitative estimate of drug-likeness (QED) is 0.398. The van der Waals surface area contributed by atoms with Gasteiger partial charge < -0.3 is 21.0 Å². The number of hydrogen-bond donors (Lipinski definition) is 3. The predicted octanol–water partition coefficient (Wildman–Crippen LogP) is 0.729. The molecule has 0 bridgehead atoms. The standard InChI is InChI=1S/C22H21N3O6/c23-17(12-14-6-2-1-3-7-14)19(29)24-22(10-11-26,13-18(27)28)25-20(30)15-8-4-5-9-16(15)21(25)31/h1-9,11,17H,10,12-13,23H2,(H,24,29)(H,27,28)/t17-,22-/m0/s1. The summed E-state index contributed by atoms with van der Waals surface area (Å²) in [4.78, 5) is 62.5. The Morgan fingerprint density at radius 1 is 1.03 bits per heavy atom. The highest BCUT2D eigenvalue weighted by Crippen LogP contribution is 2.32. The van der Waals surface area contributed by atoms with Crippen LogP contribution in [0.3, 0.4) is 0 Å². The molecule has 0 fully saturated rings. The Morgan fingerprint density at radius 3 is 2.10 bits per heavy atom. The number of nitrogens with zero attached hydrogens (tertiary/aromatic N) is 1. The normalized spacial score (nSPS) is 15.7. The van der Waals surface area contributed by atoms with Crippen molar-refractivity contribution in [1.82, 2.24) is 10.2 Å². The maximum absolute atomic E-state index is 13.0. The Labute approximate surface area is 177 Å². The summed E-state index contributed by atoms with van der Waals surface area (Å²) in [5.74, 6) is -3.78. The Morgan fingerprint density at radius 2 is 1.58 bits per heavy atom. The number of carbonyl (C=O) groups is 5. The molecule has 2 aromatic rings. The number of nitrogens with two attached hydrogens (primary N) is 1. The van der Waals surface area contributed by atoms with Crippen LogP contribution in [0.1, 0.15) is 39.1 Å². The van der Waals surface area contributed by atoms with E-state index in [0.29, 0.717) is 11.2 Å². The number of aldehydes is 1. The van der Waals surface area contributed by atoms with Crippen LogP contribution in [0.25, 0.3) is 0 Å². The van der Waals surface area contributed by atoms with Crippen LogP contribution in [0.5, 0.6) is 0 Å². The zero-order valence-corrected chi connectivity index (χ0v) is 16.5. The van der Waals surface area contributed by atoms with E-state index in [2.05, 4.69) is 5.32 Å². The largest absolute Gasteiger partial charge is 0.481 e. The molecule has 4 N–H and O–H groups in total. The lowest BCUT2D eigenvalue weighted by molar-refractivity contribution is -0.141. The summed E-state index contributed by atoms with van der Waals surface area (Å²) in [6.45, 7) is 0. The number of amides is 3. The van der Waals surface area contributed by atoms with Crippen LogP contribution >= 0.6 is 0 Å². The summed E-state index contributed by atoms with van der Waals surface area (Å²) in [6, 6.07) is 13.8. The fraction of sp³-hybridized carbons (Fsp3) is 0.227. The molecule has 0 spiro atoms. The molecular formula is C22H21N3O6.